The molecule has 2 aromatic rings. The van der Waals surface area contributed by atoms with Crippen molar-refractivity contribution in [3.05, 3.63) is 58.0 Å². The van der Waals surface area contributed by atoms with Crippen molar-refractivity contribution in [2.24, 2.45) is 0 Å². The second-order valence-electron chi connectivity index (χ2n) is 5.95. The summed E-state index contributed by atoms with van der Waals surface area (Å²) in [5.74, 6) is -0.173. The number of rotatable bonds is 3. The first-order chi connectivity index (χ1) is 13.0. The van der Waals surface area contributed by atoms with Gasteiger partial charge in [0.15, 0.2) is 5.11 Å². The number of ether oxygens (including phenoxy) is 1. The molecular weight excluding hydrogens is 404 g/mol. The molecule has 27 heavy (non-hydrogen) atoms. The lowest BCUT2D eigenvalue weighted by atomic mass is 10.1. The number of hydrogen-bond donors (Lipinski definition) is 1. The summed E-state index contributed by atoms with van der Waals surface area (Å²) in [4.78, 5) is 28.0. The molecule has 0 aliphatic carbocycles. The molecule has 5 nitrogen and oxygen atoms in total. The van der Waals surface area contributed by atoms with Gasteiger partial charge in [0.05, 0.1) is 0 Å². The zero-order chi connectivity index (χ0) is 19.1. The van der Waals surface area contributed by atoms with Gasteiger partial charge >= 0.3 is 0 Å². The molecule has 0 radical (unpaired) electrons. The van der Waals surface area contributed by atoms with Crippen LogP contribution in [0.4, 0.5) is 0 Å². The molecule has 0 atom stereocenters. The van der Waals surface area contributed by atoms with Crippen molar-refractivity contribution < 1.29 is 14.3 Å². The third-order valence-corrected chi connectivity index (χ3v) is 5.90. The number of halogens is 1. The number of carbonyl (C=O) groups is 2. The summed E-state index contributed by atoms with van der Waals surface area (Å²) in [6.07, 6.45) is 3.14. The molecule has 1 N–H and O–H groups in total. The molecule has 2 amide bonds. The van der Waals surface area contributed by atoms with Gasteiger partial charge < -0.3 is 4.74 Å². The van der Waals surface area contributed by atoms with Gasteiger partial charge in [0.25, 0.3) is 11.8 Å². The van der Waals surface area contributed by atoms with Crippen molar-refractivity contribution in [2.75, 3.05) is 6.54 Å². The minimum Gasteiger partial charge on any atom is -0.488 e. The Balaban J connectivity index is 1.73. The zero-order valence-corrected chi connectivity index (χ0v) is 16.3. The molecule has 0 unspecified atom stereocenters. The predicted molar refractivity (Wildman–Crippen MR) is 110 cm³/mol. The highest BCUT2D eigenvalue weighted by atomic mass is 35.5. The molecular formula is C19H13ClN2O3S2. The Labute approximate surface area is 169 Å². The van der Waals surface area contributed by atoms with Gasteiger partial charge in [-0.05, 0) is 42.6 Å². The van der Waals surface area contributed by atoms with Crippen molar-refractivity contribution in [2.45, 2.75) is 6.61 Å². The number of carbonyl (C=O) groups excluding carboxylic acids is 2. The van der Waals surface area contributed by atoms with E-state index in [9.17, 15) is 9.59 Å². The number of thiocarbonyl (C=S) groups is 1. The number of nitrogens with one attached hydrogen (secondary N) is 1. The monoisotopic (exact) mass is 416 g/mol. The van der Waals surface area contributed by atoms with E-state index >= 15 is 0 Å². The fourth-order valence-corrected chi connectivity index (χ4v) is 4.50. The Bertz CT molecular complexity index is 1040. The summed E-state index contributed by atoms with van der Waals surface area (Å²) in [5.41, 5.74) is 1.94. The van der Waals surface area contributed by atoms with E-state index in [0.717, 1.165) is 26.6 Å². The van der Waals surface area contributed by atoms with E-state index in [0.29, 0.717) is 11.6 Å². The predicted octanol–water partition coefficient (Wildman–Crippen LogP) is 3.77. The maximum atomic E-state index is 12.7. The summed E-state index contributed by atoms with van der Waals surface area (Å²) < 4.78 is 5.76. The van der Waals surface area contributed by atoms with Gasteiger partial charge in [0.1, 0.15) is 17.9 Å². The van der Waals surface area contributed by atoms with E-state index in [1.165, 1.54) is 16.2 Å². The number of amides is 2. The number of nitrogens with zero attached hydrogens (tertiary/aromatic N) is 1. The van der Waals surface area contributed by atoms with E-state index < -0.39 is 11.8 Å². The molecule has 4 rings (SSSR count). The van der Waals surface area contributed by atoms with Gasteiger partial charge in [-0.15, -0.1) is 17.9 Å². The normalized spacial score (nSPS) is 17.3. The molecule has 1 aromatic heterocycles. The molecule has 2 aliphatic rings. The second-order valence-corrected chi connectivity index (χ2v) is 7.86. The standard InChI is InChI=1S/C19H13ClN2O3S2/c1-2-5-22-18(24)14(17(23)21-19(22)26)8-12-6-10-9-25-15-4-3-11(20)7-13(15)16(10)27-12/h2-4,6-8H,1,5,9H2,(H,21,23,26). The van der Waals surface area contributed by atoms with Crippen LogP contribution in [-0.4, -0.2) is 28.4 Å². The van der Waals surface area contributed by atoms with Gasteiger partial charge in [0.2, 0.25) is 0 Å². The third kappa shape index (κ3) is 3.18. The molecule has 1 fully saturated rings. The van der Waals surface area contributed by atoms with Crippen LogP contribution in [0.1, 0.15) is 10.4 Å². The van der Waals surface area contributed by atoms with Gasteiger partial charge in [0, 0.05) is 32.4 Å². The van der Waals surface area contributed by atoms with Crippen LogP contribution in [0, 0.1) is 0 Å². The highest BCUT2D eigenvalue weighted by Crippen LogP contribution is 2.44. The molecule has 0 saturated carbocycles. The molecule has 136 valence electrons. The second kappa shape index (κ2) is 6.92. The van der Waals surface area contributed by atoms with E-state index in [2.05, 4.69) is 11.9 Å². The van der Waals surface area contributed by atoms with Gasteiger partial charge in [-0.3, -0.25) is 19.8 Å². The Morgan fingerprint density at radius 2 is 2.19 bits per heavy atom. The summed E-state index contributed by atoms with van der Waals surface area (Å²) in [5, 5.41) is 3.25. The van der Waals surface area contributed by atoms with E-state index in [1.54, 1.807) is 18.2 Å². The maximum Gasteiger partial charge on any atom is 0.265 e. The smallest absolute Gasteiger partial charge is 0.265 e. The Morgan fingerprint density at radius 3 is 2.96 bits per heavy atom. The van der Waals surface area contributed by atoms with Crippen molar-refractivity contribution >= 4 is 58.2 Å². The highest BCUT2D eigenvalue weighted by Gasteiger charge is 2.33. The fraction of sp³-hybridized carbons (Fsp3) is 0.105. The fourth-order valence-electron chi connectivity index (χ4n) is 2.95. The Kier molecular flexibility index (Phi) is 4.59. The number of fused-ring (bicyclic) bond motifs is 3. The van der Waals surface area contributed by atoms with Crippen LogP contribution in [-0.2, 0) is 16.2 Å². The van der Waals surface area contributed by atoms with Gasteiger partial charge in [-0.2, -0.15) is 0 Å². The first-order valence-corrected chi connectivity index (χ1v) is 9.63. The highest BCUT2D eigenvalue weighted by molar-refractivity contribution is 7.80. The van der Waals surface area contributed by atoms with E-state index in [1.807, 2.05) is 18.2 Å². The van der Waals surface area contributed by atoms with E-state index in [-0.39, 0.29) is 17.2 Å². The molecule has 1 saturated heterocycles. The average Bonchev–Trinajstić information content (AvgIpc) is 3.05. The summed E-state index contributed by atoms with van der Waals surface area (Å²) in [7, 11) is 0. The van der Waals surface area contributed by atoms with Crippen LogP contribution < -0.4 is 10.1 Å². The van der Waals surface area contributed by atoms with Crippen molar-refractivity contribution in [3.63, 3.8) is 0 Å². The minimum atomic E-state index is -0.503. The molecule has 0 spiro atoms. The first-order valence-electron chi connectivity index (χ1n) is 8.03. The summed E-state index contributed by atoms with van der Waals surface area (Å²) in [6, 6.07) is 7.39. The van der Waals surface area contributed by atoms with Crippen molar-refractivity contribution in [1.29, 1.82) is 0 Å². The SMILES string of the molecule is C=CCN1C(=O)C(=Cc2cc3c(s2)-c2cc(Cl)ccc2OC3)C(=O)NC1=S. The topological polar surface area (TPSA) is 58.6 Å². The molecule has 8 heteroatoms. The quantitative estimate of drug-likeness (QED) is 0.358. The van der Waals surface area contributed by atoms with Crippen LogP contribution in [0.3, 0.4) is 0 Å². The zero-order valence-electron chi connectivity index (χ0n) is 14.0. The Morgan fingerprint density at radius 1 is 1.37 bits per heavy atom. The first kappa shape index (κ1) is 17.9. The summed E-state index contributed by atoms with van der Waals surface area (Å²) >= 11 is 12.7. The molecule has 1 aromatic carbocycles. The van der Waals surface area contributed by atoms with Crippen molar-refractivity contribution in [1.82, 2.24) is 10.2 Å². The molecule has 0 bridgehead atoms. The molecule has 3 heterocycles. The summed E-state index contributed by atoms with van der Waals surface area (Å²) in [6.45, 7) is 4.28. The largest absolute Gasteiger partial charge is 0.488 e. The maximum absolute atomic E-state index is 12.7. The number of thiophene rings is 1. The van der Waals surface area contributed by atoms with Gasteiger partial charge in [-0.25, -0.2) is 0 Å². The van der Waals surface area contributed by atoms with Crippen LogP contribution >= 0.6 is 35.2 Å². The van der Waals surface area contributed by atoms with Crippen LogP contribution in [0.25, 0.3) is 16.5 Å². The van der Waals surface area contributed by atoms with Crippen molar-refractivity contribution in [3.8, 4) is 16.2 Å². The Hall–Kier alpha value is -2.48. The van der Waals surface area contributed by atoms with Crippen LogP contribution in [0.5, 0.6) is 5.75 Å². The molecule has 2 aliphatic heterocycles. The lowest BCUT2D eigenvalue weighted by Crippen LogP contribution is -2.53. The lowest BCUT2D eigenvalue weighted by Gasteiger charge is -2.27. The van der Waals surface area contributed by atoms with E-state index in [4.69, 9.17) is 28.6 Å². The van der Waals surface area contributed by atoms with Crippen LogP contribution in [0.15, 0.2) is 42.5 Å². The third-order valence-electron chi connectivity index (χ3n) is 4.18. The number of hydrogen-bond acceptors (Lipinski definition) is 5. The van der Waals surface area contributed by atoms with Crippen LogP contribution in [0.2, 0.25) is 5.02 Å². The number of benzene rings is 1. The van der Waals surface area contributed by atoms with Gasteiger partial charge in [-0.1, -0.05) is 17.7 Å². The lowest BCUT2D eigenvalue weighted by molar-refractivity contribution is -0.128. The average molecular weight is 417 g/mol. The minimum absolute atomic E-state index is 0.0382.